The summed E-state index contributed by atoms with van der Waals surface area (Å²) in [7, 11) is 0. The van der Waals surface area contributed by atoms with Crippen LogP contribution in [0, 0.1) is 10.8 Å². The normalized spacial score (nSPS) is 21.0. The van der Waals surface area contributed by atoms with Gasteiger partial charge in [0.15, 0.2) is 0 Å². The predicted octanol–water partition coefficient (Wildman–Crippen LogP) is 7.75. The highest BCUT2D eigenvalue weighted by Crippen LogP contribution is 2.47. The van der Waals surface area contributed by atoms with E-state index in [2.05, 4.69) is 82.6 Å². The zero-order valence-electron chi connectivity index (χ0n) is 27.2. The van der Waals surface area contributed by atoms with E-state index in [0.29, 0.717) is 24.9 Å². The number of aromatic nitrogens is 2. The lowest BCUT2D eigenvalue weighted by atomic mass is 9.69. The van der Waals surface area contributed by atoms with Crippen LogP contribution in [-0.2, 0) is 22.5 Å². The van der Waals surface area contributed by atoms with Gasteiger partial charge in [-0.15, -0.1) is 0 Å². The number of nitrogens with zero attached hydrogens (tertiary/aromatic N) is 2. The van der Waals surface area contributed by atoms with E-state index < -0.39 is 0 Å². The fraction of sp³-hybridized carbons (Fsp3) is 0.526. The van der Waals surface area contributed by atoms with Crippen molar-refractivity contribution in [2.24, 2.45) is 10.8 Å². The van der Waals surface area contributed by atoms with Gasteiger partial charge in [-0.2, -0.15) is 0 Å². The molecule has 2 atom stereocenters. The molecule has 2 heterocycles. The molecule has 228 valence electrons. The summed E-state index contributed by atoms with van der Waals surface area (Å²) in [5, 5.41) is 2.44. The average molecular weight is 581 g/mol. The van der Waals surface area contributed by atoms with Gasteiger partial charge in [-0.25, -0.2) is 4.98 Å². The highest BCUT2D eigenvalue weighted by molar-refractivity contribution is 5.83. The Morgan fingerprint density at radius 1 is 1.00 bits per heavy atom. The number of imidazole rings is 1. The lowest BCUT2D eigenvalue weighted by molar-refractivity contribution is -0.143. The lowest BCUT2D eigenvalue weighted by Crippen LogP contribution is -2.31. The molecule has 6 rings (SSSR count). The van der Waals surface area contributed by atoms with Crippen molar-refractivity contribution in [1.29, 1.82) is 0 Å². The predicted molar refractivity (Wildman–Crippen MR) is 173 cm³/mol. The van der Waals surface area contributed by atoms with E-state index in [4.69, 9.17) is 14.5 Å². The summed E-state index contributed by atoms with van der Waals surface area (Å²) in [4.78, 5) is 16.8. The number of fused-ring (bicyclic) bond motifs is 4. The number of hydrogen-bond acceptors (Lipinski definition) is 4. The first kappa shape index (κ1) is 29.7. The maximum Gasteiger partial charge on any atom is 0.305 e. The van der Waals surface area contributed by atoms with Crippen molar-refractivity contribution in [3.8, 4) is 11.5 Å². The van der Waals surface area contributed by atoms with Gasteiger partial charge < -0.3 is 14.0 Å². The van der Waals surface area contributed by atoms with E-state index in [1.165, 1.54) is 33.9 Å². The van der Waals surface area contributed by atoms with Gasteiger partial charge in [-0.05, 0) is 108 Å². The molecule has 0 bridgehead atoms. The Kier molecular flexibility index (Phi) is 7.81. The van der Waals surface area contributed by atoms with Crippen molar-refractivity contribution in [3.05, 3.63) is 75.2 Å². The highest BCUT2D eigenvalue weighted by atomic mass is 16.5. The van der Waals surface area contributed by atoms with E-state index in [1.54, 1.807) is 0 Å². The van der Waals surface area contributed by atoms with Crippen molar-refractivity contribution in [3.63, 3.8) is 0 Å². The summed E-state index contributed by atoms with van der Waals surface area (Å²) in [6.07, 6.45) is 13.1. The van der Waals surface area contributed by atoms with Crippen molar-refractivity contribution >= 4 is 17.6 Å². The molecular weight excluding hydrogens is 532 g/mol. The molecule has 2 aliphatic carbocycles. The van der Waals surface area contributed by atoms with E-state index >= 15 is 0 Å². The van der Waals surface area contributed by atoms with Gasteiger partial charge in [0.05, 0.1) is 6.61 Å². The first-order chi connectivity index (χ1) is 20.4. The monoisotopic (exact) mass is 580 g/mol. The highest BCUT2D eigenvalue weighted by Gasteiger charge is 2.34. The zero-order chi connectivity index (χ0) is 30.5. The lowest BCUT2D eigenvalue weighted by Gasteiger charge is -2.37. The van der Waals surface area contributed by atoms with Crippen molar-refractivity contribution in [1.82, 2.24) is 9.55 Å². The standard InChI is InChI=1S/C38H48N2O3/c1-8-42-34(41)12-10-9-11-14-40-15-13-39-36(40)35-30-18-28-24(2)20-37(4,5)22-26(28)16-32(30)43-33-17-27-23-38(6,7)21-25(3)29(27)19-31(33)35/h13,15-19,22,24-25H,8-12,14,20-21,23H2,1-7H3. The van der Waals surface area contributed by atoms with Crippen LogP contribution in [0.2, 0.25) is 0 Å². The van der Waals surface area contributed by atoms with Crippen molar-refractivity contribution in [2.45, 2.75) is 112 Å². The first-order valence-corrected chi connectivity index (χ1v) is 16.4. The number of rotatable bonds is 8. The molecule has 5 nitrogen and oxygen atoms in total. The van der Waals surface area contributed by atoms with E-state index in [-0.39, 0.29) is 16.8 Å². The number of aryl methyl sites for hydroxylation is 1. The summed E-state index contributed by atoms with van der Waals surface area (Å²) in [5.41, 5.74) is 7.01. The minimum Gasteiger partial charge on any atom is -0.466 e. The van der Waals surface area contributed by atoms with Crippen LogP contribution >= 0.6 is 0 Å². The Labute approximate surface area is 257 Å². The molecule has 0 amide bonds. The number of carbonyl (C=O) groups is 1. The fourth-order valence-electron chi connectivity index (χ4n) is 8.06. The maximum atomic E-state index is 11.8. The molecule has 43 heavy (non-hydrogen) atoms. The number of ether oxygens (including phenoxy) is 2. The molecule has 0 spiro atoms. The quantitative estimate of drug-likeness (QED) is 0.158. The van der Waals surface area contributed by atoms with Crippen LogP contribution in [0.1, 0.15) is 127 Å². The summed E-state index contributed by atoms with van der Waals surface area (Å²) in [5.74, 6) is 3.72. The topological polar surface area (TPSA) is 53.4 Å². The minimum atomic E-state index is -0.101. The number of esters is 1. The van der Waals surface area contributed by atoms with Gasteiger partial charge in [0.1, 0.15) is 17.3 Å². The maximum absolute atomic E-state index is 11.8. The second-order valence-corrected chi connectivity index (χ2v) is 14.7. The molecule has 2 aromatic carbocycles. The number of carbonyl (C=O) groups excluding carboxylic acids is 1. The molecule has 3 aromatic rings. The van der Waals surface area contributed by atoms with Crippen molar-refractivity contribution < 1.29 is 14.3 Å². The van der Waals surface area contributed by atoms with Gasteiger partial charge in [0.2, 0.25) is 0 Å². The van der Waals surface area contributed by atoms with Gasteiger partial charge in [0, 0.05) is 41.7 Å². The number of hydrogen-bond donors (Lipinski definition) is 0. The molecule has 2 unspecified atom stereocenters. The van der Waals surface area contributed by atoms with E-state index in [1.807, 2.05) is 13.1 Å². The third-order valence-corrected chi connectivity index (χ3v) is 9.68. The van der Waals surface area contributed by atoms with Crippen LogP contribution in [0.25, 0.3) is 11.6 Å². The van der Waals surface area contributed by atoms with Crippen molar-refractivity contribution in [2.75, 3.05) is 6.61 Å². The fourth-order valence-corrected chi connectivity index (χ4v) is 8.06. The van der Waals surface area contributed by atoms with Crippen LogP contribution < -0.4 is 15.2 Å². The molecule has 1 aromatic heterocycles. The van der Waals surface area contributed by atoms with Crippen LogP contribution in [0.5, 0.6) is 11.5 Å². The van der Waals surface area contributed by atoms with E-state index in [0.717, 1.165) is 66.8 Å². The Hall–Kier alpha value is -3.34. The summed E-state index contributed by atoms with van der Waals surface area (Å²) in [6, 6.07) is 9.41. The second-order valence-electron chi connectivity index (χ2n) is 14.7. The SMILES string of the molecule is CCOC(=O)CCCCCn1ccnc1C1=c2cc3c(cc2Oc2cc4c(cc21)C(C)CC(C)(C)C4)=CC(C)(C)CC3C. The number of unbranched alkanes of at least 4 members (excludes halogenated alkanes) is 2. The molecule has 0 N–H and O–H groups in total. The first-order valence-electron chi connectivity index (χ1n) is 16.4. The Morgan fingerprint density at radius 2 is 1.79 bits per heavy atom. The molecule has 0 fully saturated rings. The Balaban J connectivity index is 1.46. The molecule has 3 aliphatic rings. The molecular formula is C38H48N2O3. The van der Waals surface area contributed by atoms with Crippen LogP contribution in [0.15, 0.2) is 36.7 Å². The second kappa shape index (κ2) is 11.3. The Morgan fingerprint density at radius 3 is 2.58 bits per heavy atom. The molecule has 0 saturated carbocycles. The smallest absolute Gasteiger partial charge is 0.305 e. The largest absolute Gasteiger partial charge is 0.466 e. The third kappa shape index (κ3) is 5.92. The summed E-state index contributed by atoms with van der Waals surface area (Å²) < 4.78 is 14.2. The molecule has 1 aliphatic heterocycles. The molecule has 0 radical (unpaired) electrons. The van der Waals surface area contributed by atoms with Gasteiger partial charge in [0.25, 0.3) is 0 Å². The third-order valence-electron chi connectivity index (χ3n) is 9.68. The Bertz CT molecular complexity index is 1680. The molecule has 5 heteroatoms. The zero-order valence-corrected chi connectivity index (χ0v) is 27.2. The van der Waals surface area contributed by atoms with E-state index in [9.17, 15) is 4.79 Å². The van der Waals surface area contributed by atoms with Gasteiger partial charge in [-0.1, -0.05) is 54.0 Å². The average Bonchev–Trinajstić information content (AvgIpc) is 3.37. The van der Waals surface area contributed by atoms with Crippen LogP contribution in [0.4, 0.5) is 0 Å². The van der Waals surface area contributed by atoms with Crippen LogP contribution in [0.3, 0.4) is 0 Å². The minimum absolute atomic E-state index is 0.101. The van der Waals surface area contributed by atoms with Gasteiger partial charge >= 0.3 is 5.97 Å². The summed E-state index contributed by atoms with van der Waals surface area (Å²) >= 11 is 0. The van der Waals surface area contributed by atoms with Gasteiger partial charge in [-0.3, -0.25) is 4.79 Å². The molecule has 0 saturated heterocycles. The summed E-state index contributed by atoms with van der Waals surface area (Å²) in [6.45, 7) is 17.3. The van der Waals surface area contributed by atoms with Crippen LogP contribution in [-0.4, -0.2) is 22.1 Å². The number of benzene rings is 2.